The van der Waals surface area contributed by atoms with Gasteiger partial charge in [0.05, 0.1) is 13.0 Å². The second-order valence-electron chi connectivity index (χ2n) is 4.62. The van der Waals surface area contributed by atoms with E-state index in [-0.39, 0.29) is 18.2 Å². The van der Waals surface area contributed by atoms with Gasteiger partial charge in [0.15, 0.2) is 0 Å². The van der Waals surface area contributed by atoms with Crippen molar-refractivity contribution in [2.45, 2.75) is 6.42 Å². The van der Waals surface area contributed by atoms with Crippen LogP contribution in [-0.2, 0) is 4.79 Å². The summed E-state index contributed by atoms with van der Waals surface area (Å²) < 4.78 is 5.47. The summed E-state index contributed by atoms with van der Waals surface area (Å²) in [6.07, 6.45) is 0.256. The Hall–Kier alpha value is -2.82. The van der Waals surface area contributed by atoms with E-state index >= 15 is 0 Å². The van der Waals surface area contributed by atoms with Crippen LogP contribution in [0, 0.1) is 0 Å². The van der Waals surface area contributed by atoms with Crippen molar-refractivity contribution in [3.63, 3.8) is 0 Å². The minimum absolute atomic E-state index is 0.136. The minimum atomic E-state index is -0.158. The van der Waals surface area contributed by atoms with E-state index in [0.717, 1.165) is 5.75 Å². The van der Waals surface area contributed by atoms with Crippen molar-refractivity contribution in [3.05, 3.63) is 60.2 Å². The van der Waals surface area contributed by atoms with Crippen molar-refractivity contribution in [1.29, 1.82) is 0 Å². The van der Waals surface area contributed by atoms with Gasteiger partial charge in [0, 0.05) is 18.3 Å². The van der Waals surface area contributed by atoms with Gasteiger partial charge < -0.3 is 15.4 Å². The Labute approximate surface area is 129 Å². The molecule has 0 aliphatic rings. The van der Waals surface area contributed by atoms with Crippen LogP contribution in [0.3, 0.4) is 0 Å². The fourth-order valence-electron chi connectivity index (χ4n) is 1.85. The molecule has 0 aliphatic carbocycles. The van der Waals surface area contributed by atoms with Gasteiger partial charge in [0.25, 0.3) is 5.91 Å². The highest BCUT2D eigenvalue weighted by Crippen LogP contribution is 2.11. The molecule has 0 saturated heterocycles. The molecule has 0 saturated carbocycles. The Morgan fingerprint density at radius 1 is 1.00 bits per heavy atom. The molecule has 0 aliphatic heterocycles. The van der Waals surface area contributed by atoms with Crippen molar-refractivity contribution in [2.24, 2.45) is 0 Å². The predicted molar refractivity (Wildman–Crippen MR) is 85.0 cm³/mol. The summed E-state index contributed by atoms with van der Waals surface area (Å²) in [5.74, 6) is 0.447. The van der Waals surface area contributed by atoms with Crippen LogP contribution in [-0.4, -0.2) is 25.5 Å². The lowest BCUT2D eigenvalue weighted by Gasteiger charge is -2.08. The van der Waals surface area contributed by atoms with Crippen LogP contribution < -0.4 is 15.4 Å². The molecule has 0 fully saturated rings. The molecule has 0 spiro atoms. The normalized spacial score (nSPS) is 9.86. The molecule has 2 aromatic rings. The van der Waals surface area contributed by atoms with E-state index in [9.17, 15) is 9.59 Å². The Bertz CT molecular complexity index is 624. The van der Waals surface area contributed by atoms with Crippen molar-refractivity contribution in [2.75, 3.05) is 19.0 Å². The third-order valence-electron chi connectivity index (χ3n) is 3.00. The van der Waals surface area contributed by atoms with Gasteiger partial charge in [-0.15, -0.1) is 0 Å². The predicted octanol–water partition coefficient (Wildman–Crippen LogP) is 2.45. The molecule has 0 aromatic heterocycles. The smallest absolute Gasteiger partial charge is 0.251 e. The number of ether oxygens (including phenoxy) is 1. The van der Waals surface area contributed by atoms with E-state index in [0.29, 0.717) is 17.9 Å². The third-order valence-corrected chi connectivity index (χ3v) is 3.00. The molecule has 5 nitrogen and oxygen atoms in total. The maximum absolute atomic E-state index is 11.8. The number of hydrogen-bond donors (Lipinski definition) is 2. The highest BCUT2D eigenvalue weighted by atomic mass is 16.5. The first-order chi connectivity index (χ1) is 10.7. The second kappa shape index (κ2) is 7.83. The number of carbonyl (C=O) groups excluding carboxylic acids is 2. The number of amides is 2. The Balaban J connectivity index is 1.78. The van der Waals surface area contributed by atoms with E-state index in [1.54, 1.807) is 31.3 Å². The van der Waals surface area contributed by atoms with Crippen LogP contribution in [0.4, 0.5) is 5.69 Å². The number of nitrogens with one attached hydrogen (secondary N) is 2. The molecular formula is C17H18N2O3. The van der Waals surface area contributed by atoms with E-state index < -0.39 is 0 Å². The zero-order valence-corrected chi connectivity index (χ0v) is 12.3. The van der Waals surface area contributed by atoms with Crippen LogP contribution in [0.15, 0.2) is 54.6 Å². The number of carbonyl (C=O) groups is 2. The molecule has 5 heteroatoms. The molecule has 2 N–H and O–H groups in total. The molecule has 114 valence electrons. The zero-order valence-electron chi connectivity index (χ0n) is 12.3. The summed E-state index contributed by atoms with van der Waals surface area (Å²) in [7, 11) is 1.57. The lowest BCUT2D eigenvalue weighted by molar-refractivity contribution is -0.116. The van der Waals surface area contributed by atoms with Crippen LogP contribution in [0.5, 0.6) is 5.75 Å². The zero-order chi connectivity index (χ0) is 15.8. The third kappa shape index (κ3) is 4.63. The van der Waals surface area contributed by atoms with Crippen LogP contribution in [0.2, 0.25) is 0 Å². The molecule has 2 aromatic carbocycles. The summed E-state index contributed by atoms with van der Waals surface area (Å²) in [6.45, 7) is 0.312. The standard InChI is InChI=1S/C17H18N2O3/c1-18-17(21)13-7-9-14(10-8-13)19-16(20)11-12-22-15-5-3-2-4-6-15/h2-10H,11-12H2,1H3,(H,18,21)(H,19,20). The number of benzene rings is 2. The van der Waals surface area contributed by atoms with Gasteiger partial charge in [-0.25, -0.2) is 0 Å². The Kier molecular flexibility index (Phi) is 5.54. The van der Waals surface area contributed by atoms with Crippen LogP contribution >= 0.6 is 0 Å². The van der Waals surface area contributed by atoms with Gasteiger partial charge >= 0.3 is 0 Å². The highest BCUT2D eigenvalue weighted by molar-refractivity contribution is 5.95. The molecule has 0 heterocycles. The summed E-state index contributed by atoms with van der Waals surface area (Å²) >= 11 is 0. The van der Waals surface area contributed by atoms with Crippen molar-refractivity contribution < 1.29 is 14.3 Å². The molecule has 0 radical (unpaired) electrons. The summed E-state index contributed by atoms with van der Waals surface area (Å²) in [5, 5.41) is 5.30. The maximum Gasteiger partial charge on any atom is 0.251 e. The SMILES string of the molecule is CNC(=O)c1ccc(NC(=O)CCOc2ccccc2)cc1. The second-order valence-corrected chi connectivity index (χ2v) is 4.62. The fraction of sp³-hybridized carbons (Fsp3) is 0.176. The Morgan fingerprint density at radius 3 is 2.32 bits per heavy atom. The molecule has 22 heavy (non-hydrogen) atoms. The minimum Gasteiger partial charge on any atom is -0.493 e. The molecule has 2 amide bonds. The van der Waals surface area contributed by atoms with Crippen molar-refractivity contribution in [3.8, 4) is 5.75 Å². The average Bonchev–Trinajstić information content (AvgIpc) is 2.56. The lowest BCUT2D eigenvalue weighted by atomic mass is 10.2. The maximum atomic E-state index is 11.8. The first-order valence-electron chi connectivity index (χ1n) is 6.99. The van der Waals surface area contributed by atoms with Gasteiger partial charge in [-0.1, -0.05) is 18.2 Å². The van der Waals surface area contributed by atoms with E-state index in [1.807, 2.05) is 30.3 Å². The lowest BCUT2D eigenvalue weighted by Crippen LogP contribution is -2.18. The number of rotatable bonds is 6. The van der Waals surface area contributed by atoms with E-state index in [2.05, 4.69) is 10.6 Å². The summed E-state index contributed by atoms with van der Waals surface area (Å²) in [5.41, 5.74) is 1.20. The summed E-state index contributed by atoms with van der Waals surface area (Å²) in [4.78, 5) is 23.2. The molecular weight excluding hydrogens is 280 g/mol. The fourth-order valence-corrected chi connectivity index (χ4v) is 1.85. The molecule has 0 atom stereocenters. The molecule has 2 rings (SSSR count). The average molecular weight is 298 g/mol. The summed E-state index contributed by atoms with van der Waals surface area (Å²) in [6, 6.07) is 16.1. The van der Waals surface area contributed by atoms with Crippen molar-refractivity contribution in [1.82, 2.24) is 5.32 Å². The first kappa shape index (κ1) is 15.6. The Morgan fingerprint density at radius 2 is 1.68 bits per heavy atom. The molecule has 0 bridgehead atoms. The van der Waals surface area contributed by atoms with Gasteiger partial charge in [0.2, 0.25) is 5.91 Å². The van der Waals surface area contributed by atoms with E-state index in [1.165, 1.54) is 0 Å². The number of hydrogen-bond acceptors (Lipinski definition) is 3. The largest absolute Gasteiger partial charge is 0.493 e. The first-order valence-corrected chi connectivity index (χ1v) is 6.99. The number of anilines is 1. The monoisotopic (exact) mass is 298 g/mol. The topological polar surface area (TPSA) is 67.4 Å². The van der Waals surface area contributed by atoms with E-state index in [4.69, 9.17) is 4.74 Å². The van der Waals surface area contributed by atoms with Gasteiger partial charge in [-0.05, 0) is 36.4 Å². The van der Waals surface area contributed by atoms with Gasteiger partial charge in [-0.3, -0.25) is 9.59 Å². The quantitative estimate of drug-likeness (QED) is 0.861. The van der Waals surface area contributed by atoms with Gasteiger partial charge in [0.1, 0.15) is 5.75 Å². The van der Waals surface area contributed by atoms with Gasteiger partial charge in [-0.2, -0.15) is 0 Å². The van der Waals surface area contributed by atoms with Crippen LogP contribution in [0.25, 0.3) is 0 Å². The van der Waals surface area contributed by atoms with Crippen molar-refractivity contribution >= 4 is 17.5 Å². The number of para-hydroxylation sites is 1. The highest BCUT2D eigenvalue weighted by Gasteiger charge is 2.05. The van der Waals surface area contributed by atoms with Crippen LogP contribution in [0.1, 0.15) is 16.8 Å². The molecule has 0 unspecified atom stereocenters.